The van der Waals surface area contributed by atoms with E-state index in [1.54, 1.807) is 7.11 Å². The normalized spacial score (nSPS) is 42.8. The minimum atomic E-state index is -2.52. The van der Waals surface area contributed by atoms with Crippen LogP contribution in [0.3, 0.4) is 0 Å². The van der Waals surface area contributed by atoms with Crippen molar-refractivity contribution in [2.45, 2.75) is 115 Å². The van der Waals surface area contributed by atoms with E-state index >= 15 is 0 Å². The molecule has 1 heterocycles. The number of nitrogens with zero attached hydrogens (tertiary/aromatic N) is 1. The lowest BCUT2D eigenvalue weighted by atomic mass is 9.43. The molecule has 7 bridgehead atoms. The van der Waals surface area contributed by atoms with Crippen LogP contribution < -0.4 is 0 Å². The fourth-order valence-electron chi connectivity index (χ4n) is 11.9. The van der Waals surface area contributed by atoms with Gasteiger partial charge in [-0.15, -0.1) is 0 Å². The van der Waals surface area contributed by atoms with Crippen molar-refractivity contribution in [2.24, 2.45) is 34.5 Å². The Morgan fingerprint density at radius 3 is 2.29 bits per heavy atom. The second kappa shape index (κ2) is 11.3. The van der Waals surface area contributed by atoms with Crippen molar-refractivity contribution in [3.05, 3.63) is 47.0 Å². The molecule has 48 heavy (non-hydrogen) atoms. The second-order valence-electron chi connectivity index (χ2n) is 17.2. The first-order valence-electron chi connectivity index (χ1n) is 18.3. The molecular weight excluding hydrogens is 623 g/mol. The number of hydrogen-bond acceptors (Lipinski definition) is 7. The monoisotopic (exact) mass is 680 g/mol. The smallest absolute Gasteiger partial charge is 0.338 e. The van der Waals surface area contributed by atoms with Gasteiger partial charge in [0.05, 0.1) is 28.8 Å². The first kappa shape index (κ1) is 34.6. The standard InChI is InChI=1S/C39H58NO7Si/c1-12-37-21-40(13-2)32-28-27-26-24(39(32,31(37)30(28)44-8)25(43-7)19-22(37)3)20-38(34(45-9)29(27)41,47-48(10,11)36(4,5)6)33(26)46-35(42)23-17-15-14-16-18-23/h14-18,22,24-26,29-31,33-34,41H,12-13,19-21H2,1-11H3/q+1/t22-,24+,25+,26?,29-,30?,31?,33-,34+,37?,38-,39?/m1/s1. The number of aliphatic hydroxyl groups excluding tert-OH is 1. The van der Waals surface area contributed by atoms with Crippen molar-refractivity contribution in [3.63, 3.8) is 0 Å². The van der Waals surface area contributed by atoms with Crippen LogP contribution in [0, 0.1) is 34.5 Å². The van der Waals surface area contributed by atoms with Crippen LogP contribution in [0.2, 0.25) is 18.1 Å². The Kier molecular flexibility index (Phi) is 8.14. The highest BCUT2D eigenvalue weighted by Crippen LogP contribution is 2.77. The second-order valence-corrected chi connectivity index (χ2v) is 21.9. The molecule has 1 aliphatic heterocycles. The highest BCUT2D eigenvalue weighted by Gasteiger charge is 2.86. The van der Waals surface area contributed by atoms with Crippen LogP contribution in [-0.2, 0) is 23.4 Å². The zero-order valence-electron chi connectivity index (χ0n) is 31.0. The number of aliphatic hydroxyl groups is 1. The van der Waals surface area contributed by atoms with Gasteiger partial charge in [-0.2, -0.15) is 0 Å². The van der Waals surface area contributed by atoms with Crippen LogP contribution >= 0.6 is 0 Å². The van der Waals surface area contributed by atoms with E-state index in [2.05, 4.69) is 59.2 Å². The average Bonchev–Trinajstić information content (AvgIpc) is 3.40. The molecule has 1 spiro atoms. The lowest BCUT2D eigenvalue weighted by Crippen LogP contribution is -2.70. The summed E-state index contributed by atoms with van der Waals surface area (Å²) in [6, 6.07) is 9.25. The maximum atomic E-state index is 14.2. The van der Waals surface area contributed by atoms with Gasteiger partial charge >= 0.3 is 5.97 Å². The first-order valence-corrected chi connectivity index (χ1v) is 21.2. The number of esters is 1. The van der Waals surface area contributed by atoms with E-state index in [0.717, 1.165) is 37.1 Å². The molecule has 0 amide bonds. The summed E-state index contributed by atoms with van der Waals surface area (Å²) < 4.78 is 36.8. The van der Waals surface area contributed by atoms with Crippen molar-refractivity contribution in [1.29, 1.82) is 0 Å². The SMILES string of the molecule is CC[N+]1=C2C3=C4C5[C@@H](OC(=O)c6ccccc6)[C@](O[Si](C)(C)C(C)(C)C)(C[C@@H]5C25C(C3OC)C(CC)(C1)[C@H](C)C[C@@H]5OC)[C@@H](OC)[C@@H]4O. The van der Waals surface area contributed by atoms with Crippen molar-refractivity contribution in [2.75, 3.05) is 34.4 Å². The summed E-state index contributed by atoms with van der Waals surface area (Å²) in [7, 11) is 2.87. The molecule has 0 saturated heterocycles. The number of benzene rings is 1. The van der Waals surface area contributed by atoms with Gasteiger partial charge in [0.25, 0.3) is 0 Å². The number of carbonyl (C=O) groups is 1. The van der Waals surface area contributed by atoms with E-state index in [1.165, 1.54) is 5.71 Å². The van der Waals surface area contributed by atoms with Gasteiger partial charge in [-0.05, 0) is 73.9 Å². The third kappa shape index (κ3) is 4.06. The van der Waals surface area contributed by atoms with Gasteiger partial charge < -0.3 is 28.5 Å². The fraction of sp³-hybridized carbons (Fsp3) is 0.744. The summed E-state index contributed by atoms with van der Waals surface area (Å²) in [5.41, 5.74) is 2.39. The Bertz CT molecular complexity index is 1530. The lowest BCUT2D eigenvalue weighted by Gasteiger charge is -2.61. The van der Waals surface area contributed by atoms with E-state index in [9.17, 15) is 9.90 Å². The summed E-state index contributed by atoms with van der Waals surface area (Å²) in [4.78, 5) is 14.2. The Labute approximate surface area is 288 Å². The van der Waals surface area contributed by atoms with Crippen LogP contribution in [-0.4, -0.2) is 100 Å². The van der Waals surface area contributed by atoms with Gasteiger partial charge in [-0.3, -0.25) is 0 Å². The Morgan fingerprint density at radius 1 is 1.04 bits per heavy atom. The van der Waals surface area contributed by atoms with E-state index < -0.39 is 37.6 Å². The summed E-state index contributed by atoms with van der Waals surface area (Å²) in [5.74, 6) is -0.0683. The topological polar surface area (TPSA) is 86.5 Å². The van der Waals surface area contributed by atoms with Crippen molar-refractivity contribution in [3.8, 4) is 0 Å². The third-order valence-corrected chi connectivity index (χ3v) is 19.3. The molecule has 0 aromatic heterocycles. The quantitative estimate of drug-likeness (QED) is 0.198. The van der Waals surface area contributed by atoms with Crippen LogP contribution in [0.1, 0.15) is 71.2 Å². The van der Waals surface area contributed by atoms with E-state index in [0.29, 0.717) is 17.9 Å². The molecule has 7 rings (SSSR count). The highest BCUT2D eigenvalue weighted by atomic mass is 28.4. The molecule has 5 unspecified atom stereocenters. The van der Waals surface area contributed by atoms with Gasteiger partial charge in [0.2, 0.25) is 0 Å². The van der Waals surface area contributed by atoms with Gasteiger partial charge in [-0.25, -0.2) is 9.37 Å². The maximum Gasteiger partial charge on any atom is 0.338 e. The number of hydrogen-bond donors (Lipinski definition) is 1. The van der Waals surface area contributed by atoms with Gasteiger partial charge in [0.15, 0.2) is 14.0 Å². The molecule has 5 aliphatic carbocycles. The van der Waals surface area contributed by atoms with Crippen LogP contribution in [0.4, 0.5) is 0 Å². The molecule has 0 radical (unpaired) electrons. The van der Waals surface area contributed by atoms with E-state index in [1.807, 2.05) is 44.6 Å². The molecule has 4 fully saturated rings. The molecular formula is C39H58NO7Si+. The summed E-state index contributed by atoms with van der Waals surface area (Å²) >= 11 is 0. The van der Waals surface area contributed by atoms with E-state index in [-0.39, 0.29) is 46.4 Å². The largest absolute Gasteiger partial charge is 0.455 e. The molecule has 264 valence electrons. The number of ether oxygens (including phenoxy) is 4. The maximum absolute atomic E-state index is 14.2. The number of methoxy groups -OCH3 is 3. The molecule has 6 aliphatic rings. The van der Waals surface area contributed by atoms with E-state index in [4.69, 9.17) is 23.4 Å². The first-order chi connectivity index (χ1) is 22.7. The van der Waals surface area contributed by atoms with Crippen molar-refractivity contribution in [1.82, 2.24) is 0 Å². The predicted molar refractivity (Wildman–Crippen MR) is 187 cm³/mol. The van der Waals surface area contributed by atoms with Crippen molar-refractivity contribution >= 4 is 20.0 Å². The predicted octanol–water partition coefficient (Wildman–Crippen LogP) is 5.88. The number of fused-ring (bicyclic) bond motifs is 1. The zero-order chi connectivity index (χ0) is 34.8. The van der Waals surface area contributed by atoms with Crippen LogP contribution in [0.5, 0.6) is 0 Å². The van der Waals surface area contributed by atoms with Gasteiger partial charge in [-0.1, -0.05) is 52.8 Å². The summed E-state index contributed by atoms with van der Waals surface area (Å²) in [6.45, 7) is 20.1. The molecule has 8 nitrogen and oxygen atoms in total. The number of carbonyl (C=O) groups excluding carboxylic acids is 1. The fourth-order valence-corrected chi connectivity index (χ4v) is 13.5. The average molecular weight is 681 g/mol. The van der Waals surface area contributed by atoms with Crippen molar-refractivity contribution < 1.29 is 37.9 Å². The van der Waals surface area contributed by atoms with Gasteiger partial charge in [0, 0.05) is 38.6 Å². The Balaban J connectivity index is 1.55. The highest BCUT2D eigenvalue weighted by molar-refractivity contribution is 6.74. The van der Waals surface area contributed by atoms with Crippen LogP contribution in [0.25, 0.3) is 0 Å². The lowest BCUT2D eigenvalue weighted by molar-refractivity contribution is -0.562. The summed E-state index contributed by atoms with van der Waals surface area (Å²) in [6.07, 6.45) is -0.00194. The molecule has 1 N–H and O–H groups in total. The minimum absolute atomic E-state index is 0.0104. The minimum Gasteiger partial charge on any atom is -0.455 e. The van der Waals surface area contributed by atoms with Crippen LogP contribution in [0.15, 0.2) is 41.5 Å². The van der Waals surface area contributed by atoms with Gasteiger partial charge in [0.1, 0.15) is 37.0 Å². The molecule has 1 aromatic carbocycles. The zero-order valence-corrected chi connectivity index (χ0v) is 32.0. The third-order valence-electron chi connectivity index (χ3n) is 14.7. The molecule has 12 atom stereocenters. The molecule has 4 saturated carbocycles. The Morgan fingerprint density at radius 2 is 1.73 bits per heavy atom. The Hall–Kier alpha value is -1.88. The number of rotatable bonds is 9. The molecule has 1 aromatic rings. The molecule has 9 heteroatoms. The summed E-state index contributed by atoms with van der Waals surface area (Å²) in [5, 5.41) is 12.6.